The molecule has 0 aliphatic carbocycles. The van der Waals surface area contributed by atoms with Gasteiger partial charge in [-0.1, -0.05) is 46.1 Å². The smallest absolute Gasteiger partial charge is 0.411 e. The zero-order chi connectivity index (χ0) is 18.8. The molecule has 5 heteroatoms. The molecule has 0 saturated carbocycles. The van der Waals surface area contributed by atoms with Crippen LogP contribution in [0.1, 0.15) is 61.8 Å². The van der Waals surface area contributed by atoms with Crippen molar-refractivity contribution in [1.29, 1.82) is 0 Å². The molecule has 0 rings (SSSR count). The molecule has 0 aromatic carbocycles. The lowest BCUT2D eigenvalue weighted by atomic mass is 10.3. The molecule has 0 aliphatic heterocycles. The lowest BCUT2D eigenvalue weighted by molar-refractivity contribution is -0.305. The zero-order valence-corrected chi connectivity index (χ0v) is 15.7. The Labute approximate surface area is 139 Å². The molecule has 0 amide bonds. The molecule has 1 atom stereocenters. The normalized spacial score (nSPS) is 12.1. The average Bonchev–Trinajstić information content (AvgIpc) is 2.38. The Morgan fingerprint density at radius 1 is 1.27 bits per heavy atom. The Kier molecular flexibility index (Phi) is 26.3. The highest BCUT2D eigenvalue weighted by Crippen LogP contribution is 2.20. The van der Waals surface area contributed by atoms with Crippen molar-refractivity contribution < 1.29 is 17.9 Å². The molecule has 0 heterocycles. The molecule has 0 aromatic rings. The van der Waals surface area contributed by atoms with E-state index in [0.717, 1.165) is 5.57 Å². The van der Waals surface area contributed by atoms with Crippen molar-refractivity contribution in [2.45, 2.75) is 73.6 Å². The fraction of sp³-hybridized carbons (Fsp3) is 0.647. The molecular formula is C17H30ClF3O. The maximum absolute atomic E-state index is 11.5. The van der Waals surface area contributed by atoms with Crippen molar-refractivity contribution in [2.24, 2.45) is 0 Å². The van der Waals surface area contributed by atoms with Crippen LogP contribution < -0.4 is 0 Å². The molecule has 22 heavy (non-hydrogen) atoms. The quantitative estimate of drug-likeness (QED) is 0.296. The molecule has 0 fully saturated rings. The van der Waals surface area contributed by atoms with E-state index in [1.54, 1.807) is 6.92 Å². The van der Waals surface area contributed by atoms with Crippen LogP contribution in [0.15, 0.2) is 23.5 Å². The summed E-state index contributed by atoms with van der Waals surface area (Å²) in [4.78, 5) is 0. The van der Waals surface area contributed by atoms with Crippen LogP contribution in [0.2, 0.25) is 0 Å². The molecular weight excluding hydrogens is 313 g/mol. The number of rotatable bonds is 2. The Morgan fingerprint density at radius 3 is 1.77 bits per heavy atom. The van der Waals surface area contributed by atoms with Crippen LogP contribution >= 0.6 is 11.6 Å². The van der Waals surface area contributed by atoms with Gasteiger partial charge in [-0.05, 0) is 39.3 Å². The van der Waals surface area contributed by atoms with Crippen LogP contribution in [-0.2, 0) is 4.74 Å². The minimum absolute atomic E-state index is 0.236. The molecule has 132 valence electrons. The highest BCUT2D eigenvalue weighted by Gasteiger charge is 2.30. The molecule has 0 aromatic heterocycles. The molecule has 0 bridgehead atoms. The first-order chi connectivity index (χ1) is 10.0. The van der Waals surface area contributed by atoms with Gasteiger partial charge in [-0.25, -0.2) is 0 Å². The van der Waals surface area contributed by atoms with Gasteiger partial charge in [0, 0.05) is 0 Å². The SMILES string of the molecule is C#C/C(C)=C\C.C/C(=C\C(C)Cl)OC(F)(F)F.CC.CCC. The van der Waals surface area contributed by atoms with Crippen molar-refractivity contribution in [1.82, 2.24) is 0 Å². The number of terminal acetylenes is 1. The van der Waals surface area contributed by atoms with E-state index in [1.165, 1.54) is 19.4 Å². The van der Waals surface area contributed by atoms with Gasteiger partial charge >= 0.3 is 6.36 Å². The Bertz CT molecular complexity index is 324. The van der Waals surface area contributed by atoms with Crippen molar-refractivity contribution in [3.8, 4) is 12.3 Å². The highest BCUT2D eigenvalue weighted by atomic mass is 35.5. The van der Waals surface area contributed by atoms with Crippen LogP contribution in [-0.4, -0.2) is 11.7 Å². The molecule has 1 nitrogen and oxygen atoms in total. The van der Waals surface area contributed by atoms with Gasteiger partial charge in [0.25, 0.3) is 0 Å². The van der Waals surface area contributed by atoms with E-state index in [2.05, 4.69) is 24.5 Å². The number of alkyl halides is 4. The van der Waals surface area contributed by atoms with Crippen LogP contribution in [0.5, 0.6) is 0 Å². The van der Waals surface area contributed by atoms with Crippen molar-refractivity contribution in [2.75, 3.05) is 0 Å². The Balaban J connectivity index is -0.000000124. The second kappa shape index (κ2) is 19.9. The van der Waals surface area contributed by atoms with Gasteiger partial charge in [-0.2, -0.15) is 0 Å². The van der Waals surface area contributed by atoms with E-state index in [1.807, 2.05) is 33.8 Å². The third-order valence-corrected chi connectivity index (χ3v) is 1.53. The standard InChI is InChI=1S/C6H8ClF3O.C6H8.C3H8.C2H6/c1-4(7)3-5(2)11-6(8,9)10;1-4-6(3)5-2;1-3-2;1-2/h3-4H,1-2H3;1,5H,2-3H3;3H2,1-2H3;1-2H3/b5-3+;6-5-;;. The predicted octanol–water partition coefficient (Wildman–Crippen LogP) is 7.08. The van der Waals surface area contributed by atoms with Gasteiger partial charge in [0.15, 0.2) is 0 Å². The average molecular weight is 343 g/mol. The first-order valence-corrected chi connectivity index (χ1v) is 7.65. The maximum atomic E-state index is 11.5. The van der Waals surface area contributed by atoms with E-state index in [4.69, 9.17) is 18.0 Å². The summed E-state index contributed by atoms with van der Waals surface area (Å²) in [5, 5.41) is -0.461. The second-order valence-corrected chi connectivity index (χ2v) is 4.51. The number of ether oxygens (including phenoxy) is 1. The summed E-state index contributed by atoms with van der Waals surface area (Å²) in [6, 6.07) is 0. The Hall–Kier alpha value is -1.08. The summed E-state index contributed by atoms with van der Waals surface area (Å²) in [6.45, 7) is 14.8. The number of allylic oxidation sites excluding steroid dienone is 4. The monoisotopic (exact) mass is 342 g/mol. The summed E-state index contributed by atoms with van der Waals surface area (Å²) in [5.41, 5.74) is 0.995. The van der Waals surface area contributed by atoms with Gasteiger partial charge in [0.1, 0.15) is 5.76 Å². The first kappa shape index (κ1) is 29.0. The second-order valence-electron chi connectivity index (χ2n) is 3.83. The minimum Gasteiger partial charge on any atom is -0.411 e. The van der Waals surface area contributed by atoms with Gasteiger partial charge in [-0.3, -0.25) is 0 Å². The van der Waals surface area contributed by atoms with Crippen molar-refractivity contribution >= 4 is 11.6 Å². The zero-order valence-electron chi connectivity index (χ0n) is 14.9. The van der Waals surface area contributed by atoms with E-state index in [0.29, 0.717) is 0 Å². The third kappa shape index (κ3) is 42.8. The minimum atomic E-state index is -4.62. The van der Waals surface area contributed by atoms with Crippen molar-refractivity contribution in [3.05, 3.63) is 23.5 Å². The van der Waals surface area contributed by atoms with Crippen LogP contribution in [0.4, 0.5) is 13.2 Å². The molecule has 0 saturated heterocycles. The molecule has 1 unspecified atom stereocenters. The predicted molar refractivity (Wildman–Crippen MR) is 91.8 cm³/mol. The van der Waals surface area contributed by atoms with Crippen LogP contribution in [0.3, 0.4) is 0 Å². The summed E-state index contributed by atoms with van der Waals surface area (Å²) in [6.07, 6.45) is 4.67. The summed E-state index contributed by atoms with van der Waals surface area (Å²) < 4.78 is 37.9. The van der Waals surface area contributed by atoms with Gasteiger partial charge in [0.2, 0.25) is 0 Å². The van der Waals surface area contributed by atoms with E-state index >= 15 is 0 Å². The fourth-order valence-electron chi connectivity index (χ4n) is 0.623. The van der Waals surface area contributed by atoms with Crippen molar-refractivity contribution in [3.63, 3.8) is 0 Å². The summed E-state index contributed by atoms with van der Waals surface area (Å²) in [7, 11) is 0. The van der Waals surface area contributed by atoms with Crippen LogP contribution in [0, 0.1) is 12.3 Å². The van der Waals surface area contributed by atoms with E-state index in [-0.39, 0.29) is 5.76 Å². The maximum Gasteiger partial charge on any atom is 0.572 e. The van der Waals surface area contributed by atoms with Crippen LogP contribution in [0.25, 0.3) is 0 Å². The Morgan fingerprint density at radius 2 is 1.64 bits per heavy atom. The van der Waals surface area contributed by atoms with Gasteiger partial charge in [-0.15, -0.1) is 31.2 Å². The van der Waals surface area contributed by atoms with E-state index < -0.39 is 11.7 Å². The number of halogens is 4. The largest absolute Gasteiger partial charge is 0.572 e. The fourth-order valence-corrected chi connectivity index (χ4v) is 0.801. The third-order valence-electron chi connectivity index (χ3n) is 1.40. The number of hydrogen-bond acceptors (Lipinski definition) is 1. The lowest BCUT2D eigenvalue weighted by Crippen LogP contribution is -2.12. The molecule has 0 N–H and O–H groups in total. The molecule has 0 radical (unpaired) electrons. The van der Waals surface area contributed by atoms with E-state index in [9.17, 15) is 13.2 Å². The topological polar surface area (TPSA) is 9.23 Å². The van der Waals surface area contributed by atoms with Gasteiger partial charge in [0.05, 0.1) is 5.38 Å². The molecule has 0 aliphatic rings. The first-order valence-electron chi connectivity index (χ1n) is 7.21. The summed E-state index contributed by atoms with van der Waals surface area (Å²) >= 11 is 5.38. The lowest BCUT2D eigenvalue weighted by Gasteiger charge is -2.08. The van der Waals surface area contributed by atoms with Gasteiger partial charge < -0.3 is 4.74 Å². The number of hydrogen-bond donors (Lipinski definition) is 0. The summed E-state index contributed by atoms with van der Waals surface area (Å²) in [5.74, 6) is 2.24. The molecule has 0 spiro atoms. The highest BCUT2D eigenvalue weighted by molar-refractivity contribution is 6.21.